The Kier molecular flexibility index (Phi) is 24.1. The highest BCUT2D eigenvalue weighted by Gasteiger charge is 2.36. The van der Waals surface area contributed by atoms with Gasteiger partial charge < -0.3 is 19.3 Å². The van der Waals surface area contributed by atoms with Crippen molar-refractivity contribution in [2.75, 3.05) is 13.2 Å². The number of ether oxygens (including phenoxy) is 3. The van der Waals surface area contributed by atoms with Crippen molar-refractivity contribution in [3.63, 3.8) is 0 Å². The molecule has 41 heavy (non-hydrogen) atoms. The zero-order valence-corrected chi connectivity index (χ0v) is 26.9. The maximum atomic E-state index is 11.9. The minimum atomic E-state index is -0.968. The van der Waals surface area contributed by atoms with Crippen LogP contribution in [0.15, 0.2) is 12.2 Å². The molecule has 0 aliphatic carbocycles. The van der Waals surface area contributed by atoms with E-state index in [9.17, 15) is 14.7 Å². The molecule has 0 saturated carbocycles. The topological polar surface area (TPSA) is 85.4 Å². The quantitative estimate of drug-likeness (QED) is 0.0411. The third-order valence-corrected chi connectivity index (χ3v) is 7.85. The fourth-order valence-electron chi connectivity index (χ4n) is 5.10. The van der Waals surface area contributed by atoms with Crippen molar-refractivity contribution >= 4 is 11.9 Å². The minimum Gasteiger partial charge on any atom is -0.463 e. The van der Waals surface area contributed by atoms with Crippen molar-refractivity contribution in [2.24, 2.45) is 5.92 Å². The number of aliphatic hydroxyl groups is 1. The Bertz CT molecular complexity index is 661. The summed E-state index contributed by atoms with van der Waals surface area (Å²) in [6.07, 6.45) is 28.6. The predicted molar refractivity (Wildman–Crippen MR) is 168 cm³/mol. The number of unbranched alkanes of at least 4 members (excludes halogenated alkanes) is 14. The second kappa shape index (κ2) is 26.2. The van der Waals surface area contributed by atoms with Crippen LogP contribution >= 0.6 is 0 Å². The van der Waals surface area contributed by atoms with Gasteiger partial charge in [0.1, 0.15) is 19.3 Å². The van der Waals surface area contributed by atoms with Gasteiger partial charge in [0.2, 0.25) is 0 Å². The number of esters is 2. The Morgan fingerprint density at radius 1 is 0.707 bits per heavy atom. The summed E-state index contributed by atoms with van der Waals surface area (Å²) in [6.45, 7) is 6.55. The summed E-state index contributed by atoms with van der Waals surface area (Å²) in [4.78, 5) is 23.8. The fourth-order valence-corrected chi connectivity index (χ4v) is 5.10. The van der Waals surface area contributed by atoms with Crippen molar-refractivity contribution < 1.29 is 28.9 Å². The molecular weight excluding hydrogens is 516 g/mol. The fraction of sp³-hybridized carbons (Fsp3) is 0.886. The number of carbonyl (C=O) groups excluding carboxylic acids is 2. The molecule has 0 bridgehead atoms. The maximum absolute atomic E-state index is 11.9. The average molecular weight is 581 g/mol. The van der Waals surface area contributed by atoms with E-state index >= 15 is 0 Å². The summed E-state index contributed by atoms with van der Waals surface area (Å²) in [5.41, 5.74) is 0. The highest BCUT2D eigenvalue weighted by molar-refractivity contribution is 5.69. The summed E-state index contributed by atoms with van der Waals surface area (Å²) in [5.74, 6) is 0.220. The number of allylic oxidation sites excluding steroid dienone is 1. The van der Waals surface area contributed by atoms with E-state index in [1.54, 1.807) is 0 Å². The van der Waals surface area contributed by atoms with Gasteiger partial charge in [0.25, 0.3) is 0 Å². The zero-order valence-electron chi connectivity index (χ0n) is 26.9. The minimum absolute atomic E-state index is 0.121. The smallest absolute Gasteiger partial charge is 0.305 e. The van der Waals surface area contributed by atoms with E-state index in [4.69, 9.17) is 14.2 Å². The SMILES string of the molecule is CCCCCC1OC1C/C=C\CCCCCCCC(=O)OC[C@@H](O)COC(=O)CCCCCCCCCCC(C)C. The molecule has 1 aliphatic heterocycles. The van der Waals surface area contributed by atoms with Crippen LogP contribution in [0.25, 0.3) is 0 Å². The summed E-state index contributed by atoms with van der Waals surface area (Å²) in [5, 5.41) is 9.96. The van der Waals surface area contributed by atoms with Crippen molar-refractivity contribution in [1.29, 1.82) is 0 Å². The van der Waals surface area contributed by atoms with Crippen molar-refractivity contribution in [2.45, 2.75) is 180 Å². The van der Waals surface area contributed by atoms with Gasteiger partial charge in [-0.1, -0.05) is 123 Å². The summed E-state index contributed by atoms with van der Waals surface area (Å²) in [7, 11) is 0. The van der Waals surface area contributed by atoms with Crippen molar-refractivity contribution in [3.05, 3.63) is 12.2 Å². The standard InChI is InChI=1S/C35H64O6/c1-4-5-18-24-32-33(41-32)25-20-15-11-7-9-13-17-22-27-35(38)40-29-31(36)28-39-34(37)26-21-16-12-8-6-10-14-19-23-30(2)3/h15,20,30-33,36H,4-14,16-19,21-29H2,1-3H3/b20-15-/t31-,32?,33?/m0/s1. The molecule has 0 aromatic heterocycles. The molecule has 0 aromatic carbocycles. The molecule has 0 spiro atoms. The molecule has 1 aliphatic rings. The van der Waals surface area contributed by atoms with Gasteiger partial charge in [0.05, 0.1) is 12.2 Å². The van der Waals surface area contributed by atoms with Crippen LogP contribution in [0, 0.1) is 5.92 Å². The highest BCUT2D eigenvalue weighted by atomic mass is 16.6. The first-order chi connectivity index (χ1) is 19.9. The Morgan fingerprint density at radius 2 is 1.24 bits per heavy atom. The second-order valence-electron chi connectivity index (χ2n) is 12.5. The normalized spacial score (nSPS) is 17.3. The van der Waals surface area contributed by atoms with Gasteiger partial charge in [-0.2, -0.15) is 0 Å². The monoisotopic (exact) mass is 580 g/mol. The Hall–Kier alpha value is -1.40. The molecule has 6 heteroatoms. The molecule has 1 saturated heterocycles. The predicted octanol–water partition coefficient (Wildman–Crippen LogP) is 9.02. The van der Waals surface area contributed by atoms with Gasteiger partial charge in [-0.15, -0.1) is 0 Å². The highest BCUT2D eigenvalue weighted by Crippen LogP contribution is 2.30. The number of rotatable bonds is 29. The van der Waals surface area contributed by atoms with E-state index < -0.39 is 6.10 Å². The summed E-state index contributed by atoms with van der Waals surface area (Å²) >= 11 is 0. The lowest BCUT2D eigenvalue weighted by molar-refractivity contribution is -0.152. The van der Waals surface area contributed by atoms with E-state index in [-0.39, 0.29) is 25.2 Å². The van der Waals surface area contributed by atoms with Crippen LogP contribution in [0.4, 0.5) is 0 Å². The third kappa shape index (κ3) is 24.9. The Labute approximate surface area is 252 Å². The Morgan fingerprint density at radius 3 is 1.80 bits per heavy atom. The molecule has 0 radical (unpaired) electrons. The number of aliphatic hydroxyl groups excluding tert-OH is 1. The van der Waals surface area contributed by atoms with Crippen LogP contribution in [0.2, 0.25) is 0 Å². The molecule has 2 unspecified atom stereocenters. The van der Waals surface area contributed by atoms with Crippen molar-refractivity contribution in [1.82, 2.24) is 0 Å². The number of hydrogen-bond acceptors (Lipinski definition) is 6. The van der Waals surface area contributed by atoms with Gasteiger partial charge in [-0.05, 0) is 44.4 Å². The first-order valence-electron chi connectivity index (χ1n) is 17.2. The molecule has 1 fully saturated rings. The van der Waals surface area contributed by atoms with Gasteiger partial charge >= 0.3 is 11.9 Å². The van der Waals surface area contributed by atoms with Gasteiger partial charge in [0, 0.05) is 12.8 Å². The molecule has 3 atom stereocenters. The average Bonchev–Trinajstić information content (AvgIpc) is 3.70. The van der Waals surface area contributed by atoms with E-state index in [0.717, 1.165) is 57.3 Å². The summed E-state index contributed by atoms with van der Waals surface area (Å²) < 4.78 is 16.0. The van der Waals surface area contributed by atoms with Gasteiger partial charge in [0.15, 0.2) is 0 Å². The van der Waals surface area contributed by atoms with Crippen LogP contribution in [-0.2, 0) is 23.8 Å². The van der Waals surface area contributed by atoms with Gasteiger partial charge in [-0.25, -0.2) is 0 Å². The van der Waals surface area contributed by atoms with Crippen LogP contribution in [0.5, 0.6) is 0 Å². The molecular formula is C35H64O6. The second-order valence-corrected chi connectivity index (χ2v) is 12.5. The molecule has 1 heterocycles. The molecule has 0 aromatic rings. The largest absolute Gasteiger partial charge is 0.463 e. The third-order valence-electron chi connectivity index (χ3n) is 7.85. The lowest BCUT2D eigenvalue weighted by Crippen LogP contribution is -2.25. The van der Waals surface area contributed by atoms with Crippen molar-refractivity contribution in [3.8, 4) is 0 Å². The molecule has 1 rings (SSSR count). The molecule has 1 N–H and O–H groups in total. The number of hydrogen-bond donors (Lipinski definition) is 1. The van der Waals surface area contributed by atoms with E-state index in [1.165, 1.54) is 77.0 Å². The molecule has 0 amide bonds. The lowest BCUT2D eigenvalue weighted by atomic mass is 10.0. The first kappa shape index (κ1) is 37.6. The first-order valence-corrected chi connectivity index (χ1v) is 17.2. The lowest BCUT2D eigenvalue weighted by Gasteiger charge is -2.12. The zero-order chi connectivity index (χ0) is 30.0. The van der Waals surface area contributed by atoms with Crippen LogP contribution < -0.4 is 0 Å². The molecule has 6 nitrogen and oxygen atoms in total. The van der Waals surface area contributed by atoms with Gasteiger partial charge in [-0.3, -0.25) is 9.59 Å². The number of carbonyl (C=O) groups is 2. The van der Waals surface area contributed by atoms with Crippen LogP contribution in [0.1, 0.15) is 162 Å². The van der Waals surface area contributed by atoms with Crippen LogP contribution in [-0.4, -0.2) is 48.6 Å². The number of epoxide rings is 1. The summed E-state index contributed by atoms with van der Waals surface area (Å²) in [6, 6.07) is 0. The van der Waals surface area contributed by atoms with E-state index in [2.05, 4.69) is 32.9 Å². The Balaban J connectivity index is 1.83. The van der Waals surface area contributed by atoms with E-state index in [1.807, 2.05) is 0 Å². The van der Waals surface area contributed by atoms with E-state index in [0.29, 0.717) is 25.0 Å². The molecule has 240 valence electrons. The maximum Gasteiger partial charge on any atom is 0.305 e. The van der Waals surface area contributed by atoms with Crippen LogP contribution in [0.3, 0.4) is 0 Å².